The molecule has 1 aromatic rings. The number of anilines is 1. The predicted molar refractivity (Wildman–Crippen MR) is 52.0 cm³/mol. The molecule has 0 unspecified atom stereocenters. The zero-order valence-corrected chi connectivity index (χ0v) is 7.83. The van der Waals surface area contributed by atoms with Crippen LogP contribution in [0.1, 0.15) is 6.42 Å². The Hall–Kier alpha value is -1.42. The maximum Gasteiger partial charge on any atom is 0.252 e. The minimum Gasteiger partial charge on any atom is -0.272 e. The number of halogens is 2. The molecule has 0 fully saturated rings. The zero-order chi connectivity index (χ0) is 10.1. The van der Waals surface area contributed by atoms with E-state index in [1.165, 1.54) is 24.4 Å². The Kier molecular flexibility index (Phi) is 2.21. The molecule has 1 aliphatic rings. The van der Waals surface area contributed by atoms with Gasteiger partial charge in [-0.25, -0.2) is 4.39 Å². The van der Waals surface area contributed by atoms with Crippen molar-refractivity contribution >= 4 is 29.4 Å². The SMILES string of the molecule is O=C1CC=NN1c1cc(F)ccc1Cl. The molecule has 0 radical (unpaired) electrons. The van der Waals surface area contributed by atoms with Gasteiger partial charge in [-0.1, -0.05) is 11.6 Å². The molecule has 1 aliphatic heterocycles. The molecule has 0 saturated heterocycles. The number of nitrogens with zero attached hydrogens (tertiary/aromatic N) is 2. The summed E-state index contributed by atoms with van der Waals surface area (Å²) >= 11 is 5.81. The monoisotopic (exact) mass is 212 g/mol. The highest BCUT2D eigenvalue weighted by Crippen LogP contribution is 2.28. The van der Waals surface area contributed by atoms with Crippen LogP contribution in [-0.2, 0) is 4.79 Å². The topological polar surface area (TPSA) is 32.7 Å². The summed E-state index contributed by atoms with van der Waals surface area (Å²) in [5.74, 6) is -0.656. The Morgan fingerprint density at radius 2 is 2.29 bits per heavy atom. The van der Waals surface area contributed by atoms with Crippen LogP contribution < -0.4 is 5.01 Å². The van der Waals surface area contributed by atoms with Crippen molar-refractivity contribution in [3.63, 3.8) is 0 Å². The summed E-state index contributed by atoms with van der Waals surface area (Å²) in [5, 5.41) is 5.20. The van der Waals surface area contributed by atoms with Crippen LogP contribution in [0.2, 0.25) is 5.02 Å². The van der Waals surface area contributed by atoms with Crippen LogP contribution in [0.4, 0.5) is 10.1 Å². The van der Waals surface area contributed by atoms with Crippen LogP contribution in [0.25, 0.3) is 0 Å². The lowest BCUT2D eigenvalue weighted by Crippen LogP contribution is -2.19. The van der Waals surface area contributed by atoms with Crippen molar-refractivity contribution in [2.75, 3.05) is 5.01 Å². The molecule has 1 amide bonds. The van der Waals surface area contributed by atoms with Gasteiger partial charge >= 0.3 is 0 Å². The molecule has 0 atom stereocenters. The first-order chi connectivity index (χ1) is 6.68. The summed E-state index contributed by atoms with van der Waals surface area (Å²) in [6.07, 6.45) is 1.69. The van der Waals surface area contributed by atoms with Gasteiger partial charge in [-0.15, -0.1) is 0 Å². The molecule has 1 aromatic carbocycles. The quantitative estimate of drug-likeness (QED) is 0.703. The van der Waals surface area contributed by atoms with Gasteiger partial charge < -0.3 is 0 Å². The lowest BCUT2D eigenvalue weighted by Gasteiger charge is -2.13. The average molecular weight is 213 g/mol. The molecular weight excluding hydrogens is 207 g/mol. The predicted octanol–water partition coefficient (Wildman–Crippen LogP) is 2.20. The highest BCUT2D eigenvalue weighted by Gasteiger charge is 2.21. The third-order valence-electron chi connectivity index (χ3n) is 1.84. The molecule has 0 N–H and O–H groups in total. The number of hydrazone groups is 1. The summed E-state index contributed by atoms with van der Waals surface area (Å²) in [6.45, 7) is 0. The Labute approximate surface area is 84.8 Å². The molecule has 0 aliphatic carbocycles. The number of amides is 1. The second-order valence-electron chi connectivity index (χ2n) is 2.80. The molecule has 1 heterocycles. The van der Waals surface area contributed by atoms with E-state index < -0.39 is 5.82 Å². The van der Waals surface area contributed by atoms with Gasteiger partial charge in [-0.05, 0) is 12.1 Å². The van der Waals surface area contributed by atoms with Gasteiger partial charge in [0.15, 0.2) is 0 Å². The van der Waals surface area contributed by atoms with Gasteiger partial charge in [-0.3, -0.25) is 4.79 Å². The van der Waals surface area contributed by atoms with E-state index in [4.69, 9.17) is 11.6 Å². The molecule has 0 spiro atoms. The second-order valence-corrected chi connectivity index (χ2v) is 3.21. The van der Waals surface area contributed by atoms with Crippen LogP contribution in [0.15, 0.2) is 23.3 Å². The summed E-state index contributed by atoms with van der Waals surface area (Å²) in [4.78, 5) is 11.3. The molecule has 0 saturated carbocycles. The van der Waals surface area contributed by atoms with Crippen molar-refractivity contribution in [2.45, 2.75) is 6.42 Å². The maximum absolute atomic E-state index is 12.9. The van der Waals surface area contributed by atoms with Crippen molar-refractivity contribution in [2.24, 2.45) is 5.10 Å². The lowest BCUT2D eigenvalue weighted by molar-refractivity contribution is -0.116. The smallest absolute Gasteiger partial charge is 0.252 e. The average Bonchev–Trinajstić information content (AvgIpc) is 2.56. The third kappa shape index (κ3) is 1.48. The first kappa shape index (κ1) is 9.15. The van der Waals surface area contributed by atoms with Gasteiger partial charge in [0, 0.05) is 12.3 Å². The van der Waals surface area contributed by atoms with Gasteiger partial charge in [0.25, 0.3) is 5.91 Å². The molecular formula is C9H6ClFN2O. The molecule has 0 aromatic heterocycles. The highest BCUT2D eigenvalue weighted by molar-refractivity contribution is 6.34. The van der Waals surface area contributed by atoms with E-state index in [1.807, 2.05) is 0 Å². The van der Waals surface area contributed by atoms with Gasteiger partial charge in [-0.2, -0.15) is 10.1 Å². The molecule has 14 heavy (non-hydrogen) atoms. The number of hydrogen-bond acceptors (Lipinski definition) is 2. The molecule has 72 valence electrons. The summed E-state index contributed by atoms with van der Waals surface area (Å²) in [5.41, 5.74) is 0.283. The van der Waals surface area contributed by atoms with E-state index in [-0.39, 0.29) is 18.0 Å². The zero-order valence-electron chi connectivity index (χ0n) is 7.08. The first-order valence-corrected chi connectivity index (χ1v) is 4.37. The minimum atomic E-state index is -0.445. The van der Waals surface area contributed by atoms with Gasteiger partial charge in [0.1, 0.15) is 5.82 Å². The van der Waals surface area contributed by atoms with Gasteiger partial charge in [0.2, 0.25) is 0 Å². The molecule has 5 heteroatoms. The lowest BCUT2D eigenvalue weighted by atomic mass is 10.3. The number of carbonyl (C=O) groups excluding carboxylic acids is 1. The number of benzene rings is 1. The van der Waals surface area contributed by atoms with Crippen molar-refractivity contribution in [1.29, 1.82) is 0 Å². The van der Waals surface area contributed by atoms with E-state index in [1.54, 1.807) is 0 Å². The van der Waals surface area contributed by atoms with Crippen molar-refractivity contribution in [1.82, 2.24) is 0 Å². The molecule has 0 bridgehead atoms. The Bertz CT molecular complexity index is 419. The number of rotatable bonds is 1. The summed E-state index contributed by atoms with van der Waals surface area (Å²) < 4.78 is 12.9. The highest BCUT2D eigenvalue weighted by atomic mass is 35.5. The second kappa shape index (κ2) is 3.38. The van der Waals surface area contributed by atoms with Crippen LogP contribution in [0.3, 0.4) is 0 Å². The summed E-state index contributed by atoms with van der Waals surface area (Å²) in [6, 6.07) is 3.81. The van der Waals surface area contributed by atoms with E-state index in [0.29, 0.717) is 5.02 Å². The fraction of sp³-hybridized carbons (Fsp3) is 0.111. The van der Waals surface area contributed by atoms with Gasteiger partial charge in [0.05, 0.1) is 17.1 Å². The van der Waals surface area contributed by atoms with Crippen LogP contribution in [0, 0.1) is 5.82 Å². The molecule has 3 nitrogen and oxygen atoms in total. The number of hydrogen-bond donors (Lipinski definition) is 0. The normalized spacial score (nSPS) is 15.3. The van der Waals surface area contributed by atoms with Crippen LogP contribution >= 0.6 is 11.6 Å². The maximum atomic E-state index is 12.9. The Balaban J connectivity index is 2.45. The largest absolute Gasteiger partial charge is 0.272 e. The number of carbonyl (C=O) groups is 1. The van der Waals surface area contributed by atoms with Crippen LogP contribution in [-0.4, -0.2) is 12.1 Å². The standard InChI is InChI=1S/C9H6ClFN2O/c10-7-2-1-6(11)5-8(7)13-9(14)3-4-12-13/h1-2,4-5H,3H2. The first-order valence-electron chi connectivity index (χ1n) is 3.99. The Morgan fingerprint density at radius 3 is 2.93 bits per heavy atom. The van der Waals surface area contributed by atoms with E-state index in [2.05, 4.69) is 5.10 Å². The fourth-order valence-corrected chi connectivity index (χ4v) is 1.39. The van der Waals surface area contributed by atoms with Crippen molar-refractivity contribution in [3.8, 4) is 0 Å². The fourth-order valence-electron chi connectivity index (χ4n) is 1.20. The van der Waals surface area contributed by atoms with Crippen molar-refractivity contribution in [3.05, 3.63) is 29.0 Å². The van der Waals surface area contributed by atoms with E-state index in [9.17, 15) is 9.18 Å². The van der Waals surface area contributed by atoms with Crippen molar-refractivity contribution < 1.29 is 9.18 Å². The Morgan fingerprint density at radius 1 is 1.50 bits per heavy atom. The van der Waals surface area contributed by atoms with E-state index >= 15 is 0 Å². The van der Waals surface area contributed by atoms with E-state index in [0.717, 1.165) is 5.01 Å². The molecule has 2 rings (SSSR count). The summed E-state index contributed by atoms with van der Waals surface area (Å²) in [7, 11) is 0. The third-order valence-corrected chi connectivity index (χ3v) is 2.16. The van der Waals surface area contributed by atoms with Crippen LogP contribution in [0.5, 0.6) is 0 Å². The minimum absolute atomic E-state index is 0.211.